The van der Waals surface area contributed by atoms with E-state index in [9.17, 15) is 14.4 Å². The van der Waals surface area contributed by atoms with Crippen LogP contribution in [0.25, 0.3) is 0 Å². The number of carboxylic acid groups (broad SMARTS) is 1. The maximum atomic E-state index is 12.4. The molecule has 0 bridgehead atoms. The van der Waals surface area contributed by atoms with Crippen molar-refractivity contribution in [3.05, 3.63) is 35.4 Å². The highest BCUT2D eigenvalue weighted by Gasteiger charge is 2.18. The first kappa shape index (κ1) is 18.6. The highest BCUT2D eigenvalue weighted by molar-refractivity contribution is 5.98. The van der Waals surface area contributed by atoms with Crippen molar-refractivity contribution in [2.24, 2.45) is 0 Å². The lowest BCUT2D eigenvalue weighted by Crippen LogP contribution is -2.38. The van der Waals surface area contributed by atoms with Gasteiger partial charge in [0, 0.05) is 30.8 Å². The summed E-state index contributed by atoms with van der Waals surface area (Å²) in [5, 5.41) is 11.6. The fraction of sp³-hybridized carbons (Fsp3) is 0.438. The van der Waals surface area contributed by atoms with Crippen LogP contribution in [0.3, 0.4) is 0 Å². The van der Waals surface area contributed by atoms with Crippen LogP contribution >= 0.6 is 0 Å². The molecule has 7 nitrogen and oxygen atoms in total. The van der Waals surface area contributed by atoms with Crippen molar-refractivity contribution in [2.75, 3.05) is 26.8 Å². The molecule has 0 heterocycles. The van der Waals surface area contributed by atoms with E-state index in [-0.39, 0.29) is 25.1 Å². The predicted octanol–water partition coefficient (Wildman–Crippen LogP) is 0.998. The maximum Gasteiger partial charge on any atom is 0.323 e. The fourth-order valence-corrected chi connectivity index (χ4v) is 1.91. The van der Waals surface area contributed by atoms with Crippen LogP contribution in [-0.2, 0) is 9.53 Å². The molecule has 1 aromatic rings. The Bertz CT molecular complexity index is 554. The molecule has 0 aromatic heterocycles. The molecule has 0 saturated heterocycles. The molecule has 7 heteroatoms. The Balaban J connectivity index is 2.84. The normalized spacial score (nSPS) is 10.4. The topological polar surface area (TPSA) is 95.9 Å². The summed E-state index contributed by atoms with van der Waals surface area (Å²) in [5.41, 5.74) is 0.764. The van der Waals surface area contributed by atoms with E-state index in [1.54, 1.807) is 12.1 Å². The molecular weight excluding hydrogens is 300 g/mol. The lowest BCUT2D eigenvalue weighted by molar-refractivity contribution is -0.137. The quantitative estimate of drug-likeness (QED) is 0.744. The molecule has 0 fully saturated rings. The molecule has 0 aliphatic heterocycles. The van der Waals surface area contributed by atoms with Gasteiger partial charge in [0.1, 0.15) is 6.54 Å². The third-order valence-corrected chi connectivity index (χ3v) is 2.99. The van der Waals surface area contributed by atoms with Crippen molar-refractivity contribution < 1.29 is 24.2 Å². The van der Waals surface area contributed by atoms with Crippen molar-refractivity contribution in [1.29, 1.82) is 0 Å². The Kier molecular flexibility index (Phi) is 7.21. The summed E-state index contributed by atoms with van der Waals surface area (Å²) in [6.07, 6.45) is 0. The summed E-state index contributed by atoms with van der Waals surface area (Å²) in [4.78, 5) is 36.3. The van der Waals surface area contributed by atoms with Crippen LogP contribution in [0.15, 0.2) is 24.3 Å². The number of amides is 2. The van der Waals surface area contributed by atoms with Crippen LogP contribution < -0.4 is 5.32 Å². The van der Waals surface area contributed by atoms with Crippen LogP contribution in [0.1, 0.15) is 34.6 Å². The van der Waals surface area contributed by atoms with Crippen LogP contribution in [0.2, 0.25) is 0 Å². The van der Waals surface area contributed by atoms with Crippen LogP contribution in [0.4, 0.5) is 0 Å². The number of nitrogens with one attached hydrogen (secondary N) is 1. The third kappa shape index (κ3) is 6.07. The van der Waals surface area contributed by atoms with Crippen molar-refractivity contribution in [2.45, 2.75) is 19.9 Å². The number of carbonyl (C=O) groups is 3. The van der Waals surface area contributed by atoms with E-state index in [2.05, 4.69) is 5.32 Å². The second kappa shape index (κ2) is 8.89. The molecule has 0 aliphatic carbocycles. The number of carboxylic acids is 1. The Morgan fingerprint density at radius 2 is 1.74 bits per heavy atom. The van der Waals surface area contributed by atoms with Crippen molar-refractivity contribution in [3.63, 3.8) is 0 Å². The van der Waals surface area contributed by atoms with Gasteiger partial charge >= 0.3 is 5.97 Å². The molecule has 1 rings (SSSR count). The molecule has 2 amide bonds. The molecular formula is C16H22N2O5. The monoisotopic (exact) mass is 322 g/mol. The molecule has 0 unspecified atom stereocenters. The molecule has 0 aliphatic rings. The lowest BCUT2D eigenvalue weighted by atomic mass is 10.1. The number of rotatable bonds is 8. The summed E-state index contributed by atoms with van der Waals surface area (Å²) in [5.74, 6) is -1.73. The first-order valence-electron chi connectivity index (χ1n) is 7.26. The van der Waals surface area contributed by atoms with Crippen molar-refractivity contribution >= 4 is 17.8 Å². The highest BCUT2D eigenvalue weighted by atomic mass is 16.5. The van der Waals surface area contributed by atoms with Crippen LogP contribution in [-0.4, -0.2) is 60.6 Å². The summed E-state index contributed by atoms with van der Waals surface area (Å²) in [6, 6.07) is 6.13. The summed E-state index contributed by atoms with van der Waals surface area (Å²) in [6.45, 7) is 3.73. The molecule has 2 N–H and O–H groups in total. The first-order chi connectivity index (χ1) is 10.8. The van der Waals surface area contributed by atoms with E-state index in [0.717, 1.165) is 0 Å². The number of aliphatic carboxylic acids is 1. The molecule has 0 atom stereocenters. The highest BCUT2D eigenvalue weighted by Crippen LogP contribution is 2.08. The van der Waals surface area contributed by atoms with Crippen molar-refractivity contribution in [1.82, 2.24) is 10.2 Å². The standard InChI is InChI=1S/C16H22N2O5/c1-11(2)17-15(21)12-4-6-13(7-5-12)16(22)18(8-9-23-3)10-14(19)20/h4-7,11H,8-10H2,1-3H3,(H,17,21)(H,19,20). The van der Waals surface area contributed by atoms with E-state index < -0.39 is 18.4 Å². The van der Waals surface area contributed by atoms with Gasteiger partial charge in [-0.2, -0.15) is 0 Å². The van der Waals surface area contributed by atoms with E-state index in [1.165, 1.54) is 24.1 Å². The minimum Gasteiger partial charge on any atom is -0.480 e. The van der Waals surface area contributed by atoms with Gasteiger partial charge in [-0.15, -0.1) is 0 Å². The molecule has 0 saturated carbocycles. The minimum atomic E-state index is -1.10. The Morgan fingerprint density at radius 1 is 1.17 bits per heavy atom. The maximum absolute atomic E-state index is 12.4. The van der Waals surface area contributed by atoms with Gasteiger partial charge in [-0.3, -0.25) is 14.4 Å². The Hall–Kier alpha value is -2.41. The van der Waals surface area contributed by atoms with Gasteiger partial charge in [0.25, 0.3) is 11.8 Å². The zero-order chi connectivity index (χ0) is 17.4. The Morgan fingerprint density at radius 3 is 2.22 bits per heavy atom. The molecule has 0 spiro atoms. The number of hydrogen-bond donors (Lipinski definition) is 2. The number of benzene rings is 1. The van der Waals surface area contributed by atoms with Gasteiger partial charge in [-0.1, -0.05) is 0 Å². The first-order valence-corrected chi connectivity index (χ1v) is 7.26. The van der Waals surface area contributed by atoms with E-state index in [1.807, 2.05) is 13.8 Å². The van der Waals surface area contributed by atoms with Crippen molar-refractivity contribution in [3.8, 4) is 0 Å². The van der Waals surface area contributed by atoms with Gasteiger partial charge in [0.15, 0.2) is 0 Å². The molecule has 126 valence electrons. The van der Waals surface area contributed by atoms with E-state index in [4.69, 9.17) is 9.84 Å². The third-order valence-electron chi connectivity index (χ3n) is 2.99. The van der Waals surface area contributed by atoms with E-state index >= 15 is 0 Å². The number of hydrogen-bond acceptors (Lipinski definition) is 4. The summed E-state index contributed by atoms with van der Waals surface area (Å²) >= 11 is 0. The van der Waals surface area contributed by atoms with Gasteiger partial charge in [-0.25, -0.2) is 0 Å². The van der Waals surface area contributed by atoms with Gasteiger partial charge < -0.3 is 20.1 Å². The smallest absolute Gasteiger partial charge is 0.323 e. The zero-order valence-corrected chi connectivity index (χ0v) is 13.5. The van der Waals surface area contributed by atoms with Gasteiger partial charge in [-0.05, 0) is 38.1 Å². The van der Waals surface area contributed by atoms with E-state index in [0.29, 0.717) is 11.1 Å². The van der Waals surface area contributed by atoms with Crippen LogP contribution in [0.5, 0.6) is 0 Å². The largest absolute Gasteiger partial charge is 0.480 e. The fourth-order valence-electron chi connectivity index (χ4n) is 1.91. The SMILES string of the molecule is COCCN(CC(=O)O)C(=O)c1ccc(C(=O)NC(C)C)cc1. The Labute approximate surface area is 135 Å². The lowest BCUT2D eigenvalue weighted by Gasteiger charge is -2.20. The number of carbonyl (C=O) groups excluding carboxylic acids is 2. The summed E-state index contributed by atoms with van der Waals surface area (Å²) in [7, 11) is 1.48. The number of methoxy groups -OCH3 is 1. The summed E-state index contributed by atoms with van der Waals surface area (Å²) < 4.78 is 4.89. The minimum absolute atomic E-state index is 0.0175. The van der Waals surface area contributed by atoms with Gasteiger partial charge in [0.05, 0.1) is 6.61 Å². The average molecular weight is 322 g/mol. The second-order valence-electron chi connectivity index (χ2n) is 5.32. The molecule has 23 heavy (non-hydrogen) atoms. The van der Waals surface area contributed by atoms with Gasteiger partial charge in [0.2, 0.25) is 0 Å². The molecule has 1 aromatic carbocycles. The zero-order valence-electron chi connectivity index (χ0n) is 13.5. The predicted molar refractivity (Wildman–Crippen MR) is 84.5 cm³/mol. The second-order valence-corrected chi connectivity index (χ2v) is 5.32. The number of nitrogens with zero attached hydrogens (tertiary/aromatic N) is 1. The number of ether oxygens (including phenoxy) is 1. The molecule has 0 radical (unpaired) electrons. The van der Waals surface area contributed by atoms with Crippen LogP contribution in [0, 0.1) is 0 Å². The average Bonchev–Trinajstić information content (AvgIpc) is 2.50.